The zero-order valence-corrected chi connectivity index (χ0v) is 16.8. The van der Waals surface area contributed by atoms with Crippen molar-refractivity contribution in [1.82, 2.24) is 15.5 Å². The molecule has 5 nitrogen and oxygen atoms in total. The molecule has 1 aliphatic carbocycles. The average molecular weight is 364 g/mol. The van der Waals surface area contributed by atoms with E-state index in [1.807, 2.05) is 0 Å². The van der Waals surface area contributed by atoms with E-state index in [9.17, 15) is 9.59 Å². The summed E-state index contributed by atoms with van der Waals surface area (Å²) in [6, 6.07) is 0.317. The summed E-state index contributed by atoms with van der Waals surface area (Å²) in [7, 11) is 0. The van der Waals surface area contributed by atoms with Crippen molar-refractivity contribution >= 4 is 11.8 Å². The molecule has 4 fully saturated rings. The maximum absolute atomic E-state index is 12.6. The van der Waals surface area contributed by atoms with Crippen LogP contribution in [0.25, 0.3) is 0 Å². The highest BCUT2D eigenvalue weighted by atomic mass is 16.2. The van der Waals surface area contributed by atoms with E-state index >= 15 is 0 Å². The van der Waals surface area contributed by atoms with E-state index in [-0.39, 0.29) is 23.7 Å². The van der Waals surface area contributed by atoms with Gasteiger partial charge in [-0.2, -0.15) is 0 Å². The highest BCUT2D eigenvalue weighted by molar-refractivity contribution is 5.80. The van der Waals surface area contributed by atoms with Crippen molar-refractivity contribution in [2.45, 2.75) is 65.3 Å². The van der Waals surface area contributed by atoms with Gasteiger partial charge in [0.25, 0.3) is 0 Å². The first kappa shape index (κ1) is 19.7. The summed E-state index contributed by atoms with van der Waals surface area (Å²) in [4.78, 5) is 27.3. The molecule has 2 N–H and O–H groups in total. The zero-order valence-electron chi connectivity index (χ0n) is 16.8. The van der Waals surface area contributed by atoms with Gasteiger partial charge in [-0.05, 0) is 69.4 Å². The Kier molecular flexibility index (Phi) is 6.60. The topological polar surface area (TPSA) is 61.4 Å². The first-order chi connectivity index (χ1) is 12.5. The summed E-state index contributed by atoms with van der Waals surface area (Å²) < 4.78 is 0. The second-order valence-corrected chi connectivity index (χ2v) is 9.27. The molecule has 3 heterocycles. The summed E-state index contributed by atoms with van der Waals surface area (Å²) in [5, 5.41) is 6.41. The third kappa shape index (κ3) is 4.79. The fourth-order valence-electron chi connectivity index (χ4n) is 5.01. The van der Waals surface area contributed by atoms with Crippen molar-refractivity contribution in [2.75, 3.05) is 26.2 Å². The lowest BCUT2D eigenvalue weighted by Gasteiger charge is -2.45. The molecule has 5 heteroatoms. The van der Waals surface area contributed by atoms with E-state index < -0.39 is 0 Å². The number of hydrogen-bond acceptors (Lipinski definition) is 3. The second kappa shape index (κ2) is 8.73. The molecular weight excluding hydrogens is 326 g/mol. The molecule has 148 valence electrons. The number of hydrogen-bond donors (Lipinski definition) is 2. The van der Waals surface area contributed by atoms with Gasteiger partial charge in [-0.15, -0.1) is 0 Å². The monoisotopic (exact) mass is 363 g/mol. The molecule has 0 aromatic heterocycles. The lowest BCUT2D eigenvalue weighted by atomic mass is 9.76. The van der Waals surface area contributed by atoms with Crippen LogP contribution < -0.4 is 10.6 Å². The fraction of sp³-hybridized carbons (Fsp3) is 0.905. The SMILES string of the molecule is CCC(CC(C)C)C(=O)NCC1CC(NC(=O)C2CN3CCC2CC3)C1. The minimum absolute atomic E-state index is 0.141. The molecule has 1 saturated carbocycles. The minimum Gasteiger partial charge on any atom is -0.356 e. The molecule has 0 radical (unpaired) electrons. The van der Waals surface area contributed by atoms with Crippen molar-refractivity contribution in [2.24, 2.45) is 29.6 Å². The van der Waals surface area contributed by atoms with Crippen molar-refractivity contribution in [1.29, 1.82) is 0 Å². The van der Waals surface area contributed by atoms with E-state index in [1.165, 1.54) is 25.9 Å². The van der Waals surface area contributed by atoms with Crippen LogP contribution in [0.3, 0.4) is 0 Å². The van der Waals surface area contributed by atoms with Crippen molar-refractivity contribution in [3.05, 3.63) is 0 Å². The standard InChI is InChI=1S/C21H37N3O2/c1-4-16(9-14(2)3)20(25)22-12-15-10-18(11-15)23-21(26)19-13-24-7-5-17(19)6-8-24/h14-19H,4-13H2,1-3H3,(H,22,25)(H,23,26). The number of rotatable bonds is 8. The predicted octanol–water partition coefficient (Wildman–Crippen LogP) is 2.41. The van der Waals surface area contributed by atoms with E-state index in [0.717, 1.165) is 38.8 Å². The molecule has 0 aromatic carbocycles. The van der Waals surface area contributed by atoms with Gasteiger partial charge in [-0.3, -0.25) is 9.59 Å². The zero-order chi connectivity index (χ0) is 18.7. The second-order valence-electron chi connectivity index (χ2n) is 9.27. The van der Waals surface area contributed by atoms with Crippen molar-refractivity contribution < 1.29 is 9.59 Å². The molecule has 26 heavy (non-hydrogen) atoms. The lowest BCUT2D eigenvalue weighted by Crippen LogP contribution is -2.56. The first-order valence-electron chi connectivity index (χ1n) is 10.8. The third-order valence-electron chi connectivity index (χ3n) is 6.76. The molecule has 0 aromatic rings. The third-order valence-corrected chi connectivity index (χ3v) is 6.76. The molecule has 2 unspecified atom stereocenters. The molecule has 4 rings (SSSR count). The maximum atomic E-state index is 12.6. The van der Waals surface area contributed by atoms with Gasteiger partial charge in [0.2, 0.25) is 11.8 Å². The first-order valence-corrected chi connectivity index (χ1v) is 10.8. The number of piperidine rings is 3. The van der Waals surface area contributed by atoms with Crippen molar-refractivity contribution in [3.63, 3.8) is 0 Å². The van der Waals surface area contributed by atoms with Gasteiger partial charge in [-0.25, -0.2) is 0 Å². The van der Waals surface area contributed by atoms with Gasteiger partial charge in [0.05, 0.1) is 5.92 Å². The molecule has 4 aliphatic rings. The largest absolute Gasteiger partial charge is 0.356 e. The van der Waals surface area contributed by atoms with Gasteiger partial charge in [0, 0.05) is 25.0 Å². The number of fused-ring (bicyclic) bond motifs is 3. The summed E-state index contributed by atoms with van der Waals surface area (Å²) in [6.45, 7) is 10.5. The smallest absolute Gasteiger partial charge is 0.224 e. The molecule has 3 aliphatic heterocycles. The van der Waals surface area contributed by atoms with Gasteiger partial charge < -0.3 is 15.5 Å². The highest BCUT2D eigenvalue weighted by Crippen LogP contribution is 2.33. The van der Waals surface area contributed by atoms with E-state index in [1.54, 1.807) is 0 Å². The average Bonchev–Trinajstić information content (AvgIpc) is 2.61. The van der Waals surface area contributed by atoms with E-state index in [2.05, 4.69) is 36.3 Å². The van der Waals surface area contributed by atoms with Crippen LogP contribution in [0.2, 0.25) is 0 Å². The van der Waals surface area contributed by atoms with Crippen LogP contribution in [-0.2, 0) is 9.59 Å². The highest BCUT2D eigenvalue weighted by Gasteiger charge is 2.40. The Bertz CT molecular complexity index is 493. The number of carbonyl (C=O) groups is 2. The Morgan fingerprint density at radius 3 is 2.38 bits per heavy atom. The number of nitrogens with zero attached hydrogens (tertiary/aromatic N) is 1. The minimum atomic E-state index is 0.141. The van der Waals surface area contributed by atoms with Crippen molar-refractivity contribution in [3.8, 4) is 0 Å². The van der Waals surface area contributed by atoms with Gasteiger partial charge in [-0.1, -0.05) is 20.8 Å². The van der Waals surface area contributed by atoms with Crippen LogP contribution in [0.4, 0.5) is 0 Å². The molecular formula is C21H37N3O2. The summed E-state index contributed by atoms with van der Waals surface area (Å²) in [6.07, 6.45) is 6.26. The molecule has 0 spiro atoms. The molecule has 3 saturated heterocycles. The lowest BCUT2D eigenvalue weighted by molar-refractivity contribution is -0.133. The Labute approximate surface area is 158 Å². The van der Waals surface area contributed by atoms with Crippen LogP contribution in [-0.4, -0.2) is 48.9 Å². The van der Waals surface area contributed by atoms with Crippen LogP contribution in [0.5, 0.6) is 0 Å². The Morgan fingerprint density at radius 1 is 1.15 bits per heavy atom. The van der Waals surface area contributed by atoms with E-state index in [4.69, 9.17) is 0 Å². The van der Waals surface area contributed by atoms with Crippen LogP contribution >= 0.6 is 0 Å². The molecule has 2 atom stereocenters. The summed E-state index contributed by atoms with van der Waals surface area (Å²) in [5.74, 6) is 2.51. The van der Waals surface area contributed by atoms with Gasteiger partial charge in [0.1, 0.15) is 0 Å². The Balaban J connectivity index is 1.33. The number of amides is 2. The predicted molar refractivity (Wildman–Crippen MR) is 104 cm³/mol. The Morgan fingerprint density at radius 2 is 1.85 bits per heavy atom. The quantitative estimate of drug-likeness (QED) is 0.696. The number of carbonyl (C=O) groups excluding carboxylic acids is 2. The normalized spacial score (nSPS) is 34.2. The molecule has 2 bridgehead atoms. The van der Waals surface area contributed by atoms with Gasteiger partial charge >= 0.3 is 0 Å². The number of nitrogens with one attached hydrogen (secondary N) is 2. The molecule has 2 amide bonds. The summed E-state index contributed by atoms with van der Waals surface area (Å²) >= 11 is 0. The van der Waals surface area contributed by atoms with Crippen LogP contribution in [0.1, 0.15) is 59.3 Å². The summed E-state index contributed by atoms with van der Waals surface area (Å²) in [5.41, 5.74) is 0. The maximum Gasteiger partial charge on any atom is 0.224 e. The Hall–Kier alpha value is -1.10. The van der Waals surface area contributed by atoms with Gasteiger partial charge in [0.15, 0.2) is 0 Å². The van der Waals surface area contributed by atoms with Crippen LogP contribution in [0.15, 0.2) is 0 Å². The van der Waals surface area contributed by atoms with Crippen LogP contribution in [0, 0.1) is 29.6 Å². The van der Waals surface area contributed by atoms with E-state index in [0.29, 0.717) is 23.8 Å². The fourth-order valence-corrected chi connectivity index (χ4v) is 5.01.